The van der Waals surface area contributed by atoms with Crippen molar-refractivity contribution in [3.8, 4) is 0 Å². The predicted octanol–water partition coefficient (Wildman–Crippen LogP) is 1.41. The fourth-order valence-corrected chi connectivity index (χ4v) is 1.87. The average Bonchev–Trinajstić information content (AvgIpc) is 2.85. The quantitative estimate of drug-likeness (QED) is 0.775. The molecule has 0 aliphatic carbocycles. The lowest BCUT2D eigenvalue weighted by Crippen LogP contribution is -2.34. The second-order valence-electron chi connectivity index (χ2n) is 4.51. The van der Waals surface area contributed by atoms with Gasteiger partial charge in [0.2, 0.25) is 0 Å². The zero-order chi connectivity index (χ0) is 15.2. The molecule has 1 aromatic carbocycles. The van der Waals surface area contributed by atoms with Crippen molar-refractivity contribution in [2.24, 2.45) is 7.05 Å². The van der Waals surface area contributed by atoms with Gasteiger partial charge in [0.05, 0.1) is 5.92 Å². The van der Waals surface area contributed by atoms with Crippen LogP contribution in [-0.4, -0.2) is 33.4 Å². The fourth-order valence-electron chi connectivity index (χ4n) is 1.87. The van der Waals surface area contributed by atoms with Crippen LogP contribution in [0.25, 0.3) is 0 Å². The van der Waals surface area contributed by atoms with Gasteiger partial charge in [-0.2, -0.15) is 5.10 Å². The molecule has 0 saturated heterocycles. The van der Waals surface area contributed by atoms with E-state index in [-0.39, 0.29) is 6.54 Å². The van der Waals surface area contributed by atoms with Gasteiger partial charge in [-0.15, -0.1) is 0 Å². The van der Waals surface area contributed by atoms with E-state index in [1.54, 1.807) is 48.3 Å². The maximum Gasteiger partial charge on any atom is 0.320 e. The number of nitrogens with one attached hydrogen (secondary N) is 2. The number of amides is 2. The van der Waals surface area contributed by atoms with E-state index in [9.17, 15) is 14.7 Å². The lowest BCUT2D eigenvalue weighted by Gasteiger charge is -2.13. The molecule has 7 nitrogen and oxygen atoms in total. The number of carboxylic acid groups (broad SMARTS) is 1. The van der Waals surface area contributed by atoms with Crippen LogP contribution >= 0.6 is 0 Å². The Bertz CT molecular complexity index is 624. The lowest BCUT2D eigenvalue weighted by atomic mass is 9.99. The van der Waals surface area contributed by atoms with E-state index in [4.69, 9.17) is 0 Å². The maximum atomic E-state index is 11.7. The minimum absolute atomic E-state index is 0.00197. The van der Waals surface area contributed by atoms with Crippen LogP contribution in [0, 0.1) is 0 Å². The second-order valence-corrected chi connectivity index (χ2v) is 4.51. The highest BCUT2D eigenvalue weighted by molar-refractivity contribution is 5.88. The molecular weight excluding hydrogens is 272 g/mol. The highest BCUT2D eigenvalue weighted by Gasteiger charge is 2.20. The summed E-state index contributed by atoms with van der Waals surface area (Å²) in [6.45, 7) is -0.00197. The molecule has 0 bridgehead atoms. The summed E-state index contributed by atoms with van der Waals surface area (Å²) in [6.07, 6.45) is 1.69. The first-order valence-electron chi connectivity index (χ1n) is 6.38. The van der Waals surface area contributed by atoms with E-state index in [1.807, 2.05) is 6.07 Å². The number of carboxylic acids is 1. The van der Waals surface area contributed by atoms with E-state index in [0.717, 1.165) is 0 Å². The molecule has 110 valence electrons. The Morgan fingerprint density at radius 1 is 1.29 bits per heavy atom. The molecule has 2 amide bonds. The number of hydrogen-bond donors (Lipinski definition) is 3. The third kappa shape index (κ3) is 4.07. The van der Waals surface area contributed by atoms with E-state index in [0.29, 0.717) is 11.4 Å². The van der Waals surface area contributed by atoms with Gasteiger partial charge in [0.1, 0.15) is 0 Å². The summed E-state index contributed by atoms with van der Waals surface area (Å²) in [5.41, 5.74) is 0.642. The van der Waals surface area contributed by atoms with Gasteiger partial charge in [-0.05, 0) is 5.56 Å². The van der Waals surface area contributed by atoms with E-state index < -0.39 is 17.9 Å². The Morgan fingerprint density at radius 3 is 2.57 bits per heavy atom. The topological polar surface area (TPSA) is 96.2 Å². The van der Waals surface area contributed by atoms with Crippen LogP contribution in [-0.2, 0) is 11.8 Å². The van der Waals surface area contributed by atoms with Crippen LogP contribution in [0.15, 0.2) is 42.6 Å². The van der Waals surface area contributed by atoms with Gasteiger partial charge in [0.25, 0.3) is 0 Å². The van der Waals surface area contributed by atoms with Crippen LogP contribution < -0.4 is 10.6 Å². The second kappa shape index (κ2) is 6.56. The van der Waals surface area contributed by atoms with Gasteiger partial charge < -0.3 is 10.4 Å². The first-order valence-corrected chi connectivity index (χ1v) is 6.38. The van der Waals surface area contributed by atoms with Crippen LogP contribution in [0.1, 0.15) is 11.5 Å². The fraction of sp³-hybridized carbons (Fsp3) is 0.214. The smallest absolute Gasteiger partial charge is 0.320 e. The molecule has 1 unspecified atom stereocenters. The Hall–Kier alpha value is -2.83. The van der Waals surface area contributed by atoms with Gasteiger partial charge in [0.15, 0.2) is 5.82 Å². The molecule has 0 radical (unpaired) electrons. The summed E-state index contributed by atoms with van der Waals surface area (Å²) >= 11 is 0. The molecular formula is C14H16N4O3. The maximum absolute atomic E-state index is 11.7. The molecule has 0 fully saturated rings. The molecule has 1 atom stereocenters. The highest BCUT2D eigenvalue weighted by atomic mass is 16.4. The summed E-state index contributed by atoms with van der Waals surface area (Å²) in [5, 5.41) is 18.3. The number of anilines is 1. The lowest BCUT2D eigenvalue weighted by molar-refractivity contribution is -0.138. The van der Waals surface area contributed by atoms with Crippen LogP contribution in [0.5, 0.6) is 0 Å². The number of nitrogens with zero attached hydrogens (tertiary/aromatic N) is 2. The minimum atomic E-state index is -0.987. The summed E-state index contributed by atoms with van der Waals surface area (Å²) in [4.78, 5) is 23.0. The number of rotatable bonds is 5. The van der Waals surface area contributed by atoms with Crippen LogP contribution in [0.4, 0.5) is 10.6 Å². The standard InChI is InChI=1S/C14H16N4O3/c1-18-8-7-12(17-18)16-14(21)15-9-11(13(19)20)10-5-3-2-4-6-10/h2-8,11H,9H2,1H3,(H,19,20)(H2,15,16,17,21). The Morgan fingerprint density at radius 2 is 2.00 bits per heavy atom. The van der Waals surface area contributed by atoms with Gasteiger partial charge >= 0.3 is 12.0 Å². The van der Waals surface area contributed by atoms with Gasteiger partial charge in [0, 0.05) is 25.9 Å². The van der Waals surface area contributed by atoms with Crippen molar-refractivity contribution < 1.29 is 14.7 Å². The molecule has 1 heterocycles. The molecule has 3 N–H and O–H groups in total. The number of aryl methyl sites for hydroxylation is 1. The average molecular weight is 288 g/mol. The number of urea groups is 1. The molecule has 2 rings (SSSR count). The first kappa shape index (κ1) is 14.6. The number of benzene rings is 1. The van der Waals surface area contributed by atoms with E-state index in [1.165, 1.54) is 0 Å². The van der Waals surface area contributed by atoms with Gasteiger partial charge in [-0.25, -0.2) is 4.79 Å². The Balaban J connectivity index is 1.93. The largest absolute Gasteiger partial charge is 0.481 e. The summed E-state index contributed by atoms with van der Waals surface area (Å²) < 4.78 is 1.56. The SMILES string of the molecule is Cn1ccc(NC(=O)NCC(C(=O)O)c2ccccc2)n1. The number of carbonyl (C=O) groups excluding carboxylic acids is 1. The molecule has 21 heavy (non-hydrogen) atoms. The van der Waals surface area contributed by atoms with E-state index in [2.05, 4.69) is 15.7 Å². The molecule has 7 heteroatoms. The zero-order valence-electron chi connectivity index (χ0n) is 11.5. The number of aromatic nitrogens is 2. The van der Waals surface area contributed by atoms with Crippen LogP contribution in [0.3, 0.4) is 0 Å². The van der Waals surface area contributed by atoms with Crippen molar-refractivity contribution in [2.45, 2.75) is 5.92 Å². The molecule has 0 saturated carbocycles. The molecule has 1 aromatic heterocycles. The number of hydrogen-bond acceptors (Lipinski definition) is 3. The minimum Gasteiger partial charge on any atom is -0.481 e. The van der Waals surface area contributed by atoms with Gasteiger partial charge in [-0.3, -0.25) is 14.8 Å². The normalized spacial score (nSPS) is 11.7. The number of carbonyl (C=O) groups is 2. The monoisotopic (exact) mass is 288 g/mol. The summed E-state index contributed by atoms with van der Waals surface area (Å²) in [7, 11) is 1.74. The van der Waals surface area contributed by atoms with Crippen molar-refractivity contribution in [1.29, 1.82) is 0 Å². The Kier molecular flexibility index (Phi) is 4.55. The first-order chi connectivity index (χ1) is 10.1. The molecule has 0 aliphatic heterocycles. The van der Waals surface area contributed by atoms with Crippen molar-refractivity contribution >= 4 is 17.8 Å². The van der Waals surface area contributed by atoms with Gasteiger partial charge in [-0.1, -0.05) is 30.3 Å². The van der Waals surface area contributed by atoms with Crippen molar-refractivity contribution in [2.75, 3.05) is 11.9 Å². The molecule has 0 aliphatic rings. The highest BCUT2D eigenvalue weighted by Crippen LogP contribution is 2.14. The van der Waals surface area contributed by atoms with E-state index >= 15 is 0 Å². The predicted molar refractivity (Wildman–Crippen MR) is 77.0 cm³/mol. The van der Waals surface area contributed by atoms with Crippen molar-refractivity contribution in [3.05, 3.63) is 48.2 Å². The van der Waals surface area contributed by atoms with Crippen LogP contribution in [0.2, 0.25) is 0 Å². The van der Waals surface area contributed by atoms with Crippen molar-refractivity contribution in [1.82, 2.24) is 15.1 Å². The molecule has 0 spiro atoms. The third-order valence-electron chi connectivity index (χ3n) is 2.92. The number of aliphatic carboxylic acids is 1. The summed E-state index contributed by atoms with van der Waals surface area (Å²) in [5.74, 6) is -1.37. The summed E-state index contributed by atoms with van der Waals surface area (Å²) in [6, 6.07) is 9.93. The molecule has 2 aromatic rings. The van der Waals surface area contributed by atoms with Crippen molar-refractivity contribution in [3.63, 3.8) is 0 Å². The Labute approximate surface area is 121 Å². The third-order valence-corrected chi connectivity index (χ3v) is 2.92. The zero-order valence-corrected chi connectivity index (χ0v) is 11.5.